The lowest BCUT2D eigenvalue weighted by atomic mass is 9.88. The second kappa shape index (κ2) is 6.78. The molecule has 0 saturated carbocycles. The molecule has 1 aromatic carbocycles. The van der Waals surface area contributed by atoms with Gasteiger partial charge in [0.25, 0.3) is 0 Å². The quantitative estimate of drug-likeness (QED) is 0.624. The second-order valence-electron chi connectivity index (χ2n) is 6.75. The number of rotatable bonds is 3. The Morgan fingerprint density at radius 1 is 1.35 bits per heavy atom. The molecule has 0 aliphatic carbocycles. The first kappa shape index (κ1) is 18.5. The summed E-state index contributed by atoms with van der Waals surface area (Å²) in [5.74, 6) is -0.501. The Hall–Kier alpha value is -2.31. The number of aromatic amines is 1. The molecule has 0 radical (unpaired) electrons. The number of nitrogens with zero attached hydrogens (tertiary/aromatic N) is 1. The fourth-order valence-corrected chi connectivity index (χ4v) is 3.77. The van der Waals surface area contributed by atoms with Crippen LogP contribution in [0.25, 0.3) is 10.9 Å². The predicted molar refractivity (Wildman–Crippen MR) is 91.2 cm³/mol. The highest BCUT2D eigenvalue weighted by atomic mass is 19.4. The third-order valence-electron chi connectivity index (χ3n) is 5.14. The number of H-pyrrole nitrogens is 1. The minimum Gasteiger partial charge on any atom is -0.351 e. The molecular formula is C19H20F4N2O. The number of aryl methyl sites for hydroxylation is 1. The van der Waals surface area contributed by atoms with Gasteiger partial charge in [0, 0.05) is 24.0 Å². The summed E-state index contributed by atoms with van der Waals surface area (Å²) in [4.78, 5) is 15.7. The number of aromatic nitrogens is 1. The van der Waals surface area contributed by atoms with Crippen LogP contribution in [0, 0.1) is 18.7 Å². The monoisotopic (exact) mass is 368 g/mol. The largest absolute Gasteiger partial charge is 0.431 e. The summed E-state index contributed by atoms with van der Waals surface area (Å²) in [5, 5.41) is 0.321. The van der Waals surface area contributed by atoms with E-state index in [2.05, 4.69) is 11.6 Å². The van der Waals surface area contributed by atoms with Gasteiger partial charge in [0.2, 0.25) is 5.91 Å². The van der Waals surface area contributed by atoms with Crippen molar-refractivity contribution < 1.29 is 22.4 Å². The Kier molecular flexibility index (Phi) is 4.82. The molecule has 1 N–H and O–H groups in total. The summed E-state index contributed by atoms with van der Waals surface area (Å²) in [6.07, 6.45) is -1.51. The maximum atomic E-state index is 14.4. The van der Waals surface area contributed by atoms with Crippen LogP contribution < -0.4 is 0 Å². The Bertz CT molecular complexity index is 845. The van der Waals surface area contributed by atoms with Gasteiger partial charge in [-0.2, -0.15) is 13.2 Å². The summed E-state index contributed by atoms with van der Waals surface area (Å²) >= 11 is 0. The fraction of sp³-hybridized carbons (Fsp3) is 0.421. The molecule has 0 bridgehead atoms. The van der Waals surface area contributed by atoms with E-state index in [1.807, 2.05) is 0 Å². The lowest BCUT2D eigenvalue weighted by Crippen LogP contribution is -2.37. The Labute approximate surface area is 148 Å². The summed E-state index contributed by atoms with van der Waals surface area (Å²) in [6.45, 7) is 5.93. The van der Waals surface area contributed by atoms with Gasteiger partial charge in [-0.05, 0) is 61.4 Å². The maximum Gasteiger partial charge on any atom is 0.431 e. The van der Waals surface area contributed by atoms with Crippen LogP contribution in [-0.2, 0) is 17.4 Å². The second-order valence-corrected chi connectivity index (χ2v) is 6.75. The Morgan fingerprint density at radius 2 is 2.00 bits per heavy atom. The first-order chi connectivity index (χ1) is 12.2. The molecule has 0 atom stereocenters. The lowest BCUT2D eigenvalue weighted by molar-refractivity contribution is -0.141. The third kappa shape index (κ3) is 3.34. The van der Waals surface area contributed by atoms with Gasteiger partial charge in [0.15, 0.2) is 0 Å². The van der Waals surface area contributed by atoms with Gasteiger partial charge in [-0.1, -0.05) is 6.58 Å². The smallest absolute Gasteiger partial charge is 0.351 e. The number of fused-ring (bicyclic) bond motifs is 1. The number of hydrogen-bond acceptors (Lipinski definition) is 1. The highest BCUT2D eigenvalue weighted by Crippen LogP contribution is 2.38. The van der Waals surface area contributed by atoms with Crippen molar-refractivity contribution in [2.45, 2.75) is 32.4 Å². The van der Waals surface area contributed by atoms with E-state index in [-0.39, 0.29) is 17.4 Å². The molecular weight excluding hydrogens is 348 g/mol. The van der Waals surface area contributed by atoms with E-state index in [9.17, 15) is 22.4 Å². The van der Waals surface area contributed by atoms with E-state index in [1.54, 1.807) is 4.90 Å². The molecule has 2 heterocycles. The number of amides is 1. The van der Waals surface area contributed by atoms with Crippen LogP contribution in [-0.4, -0.2) is 28.9 Å². The molecule has 1 aromatic heterocycles. The van der Waals surface area contributed by atoms with E-state index in [0.717, 1.165) is 0 Å². The van der Waals surface area contributed by atoms with Crippen LogP contribution in [0.4, 0.5) is 17.6 Å². The van der Waals surface area contributed by atoms with Gasteiger partial charge in [-0.3, -0.25) is 4.79 Å². The highest BCUT2D eigenvalue weighted by molar-refractivity contribution is 5.88. The van der Waals surface area contributed by atoms with E-state index >= 15 is 0 Å². The fourth-order valence-electron chi connectivity index (χ4n) is 3.77. The van der Waals surface area contributed by atoms with Crippen molar-refractivity contribution in [2.75, 3.05) is 13.1 Å². The van der Waals surface area contributed by atoms with Crippen LogP contribution in [0.3, 0.4) is 0 Å². The molecule has 140 valence electrons. The minimum atomic E-state index is -4.51. The highest BCUT2D eigenvalue weighted by Gasteiger charge is 2.36. The number of hydrogen-bond donors (Lipinski definition) is 1. The first-order valence-electron chi connectivity index (χ1n) is 8.50. The average Bonchev–Trinajstić information content (AvgIpc) is 2.94. The van der Waals surface area contributed by atoms with Gasteiger partial charge in [0.05, 0.1) is 0 Å². The molecule has 1 aliphatic heterocycles. The van der Waals surface area contributed by atoms with E-state index in [0.29, 0.717) is 48.8 Å². The predicted octanol–water partition coefficient (Wildman–Crippen LogP) is 4.60. The van der Waals surface area contributed by atoms with Crippen molar-refractivity contribution >= 4 is 16.8 Å². The van der Waals surface area contributed by atoms with Gasteiger partial charge >= 0.3 is 6.18 Å². The zero-order valence-electron chi connectivity index (χ0n) is 14.4. The number of nitrogens with one attached hydrogen (secondary N) is 1. The van der Waals surface area contributed by atoms with Crippen LogP contribution in [0.15, 0.2) is 24.8 Å². The van der Waals surface area contributed by atoms with Crippen LogP contribution in [0.2, 0.25) is 0 Å². The first-order valence-corrected chi connectivity index (χ1v) is 8.50. The number of benzene rings is 1. The zero-order valence-corrected chi connectivity index (χ0v) is 14.4. The zero-order chi connectivity index (χ0) is 19.1. The van der Waals surface area contributed by atoms with Gasteiger partial charge in [-0.15, -0.1) is 0 Å². The van der Waals surface area contributed by atoms with E-state index < -0.39 is 17.7 Å². The van der Waals surface area contributed by atoms with E-state index in [1.165, 1.54) is 25.1 Å². The maximum absolute atomic E-state index is 14.4. The molecule has 1 aliphatic rings. The number of piperidine rings is 1. The summed E-state index contributed by atoms with van der Waals surface area (Å²) in [7, 11) is 0. The number of carbonyl (C=O) groups excluding carboxylic acids is 1. The SMILES string of the molecule is C=CC(=O)N1CCC(Cc2c(F)ccc3[nH]c(C(F)(F)F)c(C)c23)CC1. The molecule has 7 heteroatoms. The average molecular weight is 368 g/mol. The van der Waals surface area contributed by atoms with Crippen molar-refractivity contribution in [1.82, 2.24) is 9.88 Å². The van der Waals surface area contributed by atoms with Gasteiger partial charge in [0.1, 0.15) is 11.5 Å². The van der Waals surface area contributed by atoms with Crippen LogP contribution in [0.1, 0.15) is 29.7 Å². The molecule has 0 spiro atoms. The Morgan fingerprint density at radius 3 is 2.58 bits per heavy atom. The number of alkyl halides is 3. The standard InChI is InChI=1S/C19H20F4N2O/c1-3-16(26)25-8-6-12(7-9-25)10-13-14(20)4-5-15-17(13)11(2)18(24-15)19(21,22)23/h3-5,12,24H,1,6-10H2,2H3. The van der Waals surface area contributed by atoms with Crippen molar-refractivity contribution in [1.29, 1.82) is 0 Å². The van der Waals surface area contributed by atoms with Crippen LogP contribution >= 0.6 is 0 Å². The molecule has 0 unspecified atom stereocenters. The Balaban J connectivity index is 1.89. The molecule has 2 aromatic rings. The van der Waals surface area contributed by atoms with Gasteiger partial charge < -0.3 is 9.88 Å². The van der Waals surface area contributed by atoms with Crippen LogP contribution in [0.5, 0.6) is 0 Å². The number of carbonyl (C=O) groups is 1. The topological polar surface area (TPSA) is 36.1 Å². The van der Waals surface area contributed by atoms with Crippen molar-refractivity contribution in [3.63, 3.8) is 0 Å². The molecule has 3 rings (SSSR count). The molecule has 1 fully saturated rings. The van der Waals surface area contributed by atoms with Crippen molar-refractivity contribution in [3.05, 3.63) is 47.4 Å². The molecule has 1 saturated heterocycles. The number of halogens is 4. The molecule has 3 nitrogen and oxygen atoms in total. The normalized spacial score (nSPS) is 16.3. The lowest BCUT2D eigenvalue weighted by Gasteiger charge is -2.31. The third-order valence-corrected chi connectivity index (χ3v) is 5.14. The summed E-state index contributed by atoms with van der Waals surface area (Å²) in [6, 6.07) is 2.56. The van der Waals surface area contributed by atoms with Crippen molar-refractivity contribution in [2.24, 2.45) is 5.92 Å². The number of likely N-dealkylation sites (tertiary alicyclic amines) is 1. The molecule has 1 amide bonds. The van der Waals surface area contributed by atoms with E-state index in [4.69, 9.17) is 0 Å². The van der Waals surface area contributed by atoms with Crippen molar-refractivity contribution in [3.8, 4) is 0 Å². The minimum absolute atomic E-state index is 0.0290. The summed E-state index contributed by atoms with van der Waals surface area (Å²) < 4.78 is 53.9. The summed E-state index contributed by atoms with van der Waals surface area (Å²) in [5.41, 5.74) is -0.183. The van der Waals surface area contributed by atoms with Gasteiger partial charge in [-0.25, -0.2) is 4.39 Å². The molecule has 26 heavy (non-hydrogen) atoms.